The van der Waals surface area contributed by atoms with Crippen LogP contribution in [0, 0.1) is 5.92 Å². The maximum absolute atomic E-state index is 13.4. The normalized spacial score (nSPS) is 15.4. The highest BCUT2D eigenvalue weighted by atomic mass is 16.5. The molecule has 4 N–H and O–H groups in total. The first-order chi connectivity index (χ1) is 17.9. The highest BCUT2D eigenvalue weighted by molar-refractivity contribution is 6.13. The van der Waals surface area contributed by atoms with Gasteiger partial charge in [-0.2, -0.15) is 0 Å². The maximum Gasteiger partial charge on any atom is 0.265 e. The first-order valence-electron chi connectivity index (χ1n) is 12.4. The Kier molecular flexibility index (Phi) is 8.20. The third kappa shape index (κ3) is 5.98. The second-order valence-electron chi connectivity index (χ2n) is 9.12. The molecular weight excluding hydrogens is 468 g/mol. The predicted octanol–water partition coefficient (Wildman–Crippen LogP) is 3.85. The molecule has 192 valence electrons. The number of fused-ring (bicyclic) bond motifs is 1. The molecule has 0 aliphatic carbocycles. The number of hydrogen-bond acceptors (Lipinski definition) is 5. The monoisotopic (exact) mass is 500 g/mol. The van der Waals surface area contributed by atoms with E-state index < -0.39 is 6.04 Å². The summed E-state index contributed by atoms with van der Waals surface area (Å²) in [6.45, 7) is 4.47. The summed E-state index contributed by atoms with van der Waals surface area (Å²) in [5.74, 6) is -0.416. The van der Waals surface area contributed by atoms with E-state index in [0.29, 0.717) is 42.2 Å². The standard InChI is InChI=1S/C29H32N4O4/c1-3-19(2)27-29(36)32-24-15-22(28(35)31-17-21-9-7-8-20(14-21)16-30)12-13-25(24)33(27)26(34)18-37-23-10-5-4-6-11-23/h4-15,19,27H,3,16-18,30H2,1-2H3,(H,31,35)(H,32,36). The second-order valence-corrected chi connectivity index (χ2v) is 9.12. The molecule has 0 spiro atoms. The number of hydrogen-bond donors (Lipinski definition) is 3. The molecule has 4 rings (SSSR count). The molecule has 8 heteroatoms. The Labute approximate surface area is 216 Å². The number of amides is 3. The van der Waals surface area contributed by atoms with Crippen LogP contribution in [-0.2, 0) is 22.7 Å². The summed E-state index contributed by atoms with van der Waals surface area (Å²) < 4.78 is 5.69. The number of nitrogens with zero attached hydrogens (tertiary/aromatic N) is 1. The molecule has 0 aromatic heterocycles. The molecule has 0 saturated heterocycles. The number of carbonyl (C=O) groups excluding carboxylic acids is 3. The molecular formula is C29H32N4O4. The zero-order valence-corrected chi connectivity index (χ0v) is 21.1. The van der Waals surface area contributed by atoms with E-state index in [0.717, 1.165) is 11.1 Å². The molecule has 3 amide bonds. The number of nitrogens with two attached hydrogens (primary N) is 1. The molecule has 37 heavy (non-hydrogen) atoms. The molecule has 1 aliphatic rings. The summed E-state index contributed by atoms with van der Waals surface area (Å²) in [5.41, 5.74) is 8.96. The fraction of sp³-hybridized carbons (Fsp3) is 0.276. The molecule has 0 radical (unpaired) electrons. The van der Waals surface area contributed by atoms with Crippen molar-refractivity contribution in [3.05, 3.63) is 89.5 Å². The van der Waals surface area contributed by atoms with Gasteiger partial charge in [-0.25, -0.2) is 0 Å². The number of anilines is 2. The number of rotatable bonds is 9. The van der Waals surface area contributed by atoms with Crippen molar-refractivity contribution < 1.29 is 19.1 Å². The van der Waals surface area contributed by atoms with Gasteiger partial charge in [0, 0.05) is 18.7 Å². The molecule has 3 aromatic rings. The SMILES string of the molecule is CCC(C)C1C(=O)Nc2cc(C(=O)NCc3cccc(CN)c3)ccc2N1C(=O)COc1ccccc1. The van der Waals surface area contributed by atoms with Gasteiger partial charge in [0.2, 0.25) is 5.91 Å². The van der Waals surface area contributed by atoms with Gasteiger partial charge < -0.3 is 21.1 Å². The Balaban J connectivity index is 1.55. The fourth-order valence-electron chi connectivity index (χ4n) is 4.37. The van der Waals surface area contributed by atoms with Crippen LogP contribution in [0.1, 0.15) is 41.8 Å². The van der Waals surface area contributed by atoms with Crippen molar-refractivity contribution in [2.45, 2.75) is 39.4 Å². The van der Waals surface area contributed by atoms with E-state index >= 15 is 0 Å². The van der Waals surface area contributed by atoms with Gasteiger partial charge in [-0.1, -0.05) is 62.7 Å². The van der Waals surface area contributed by atoms with Crippen molar-refractivity contribution in [3.63, 3.8) is 0 Å². The lowest BCUT2D eigenvalue weighted by atomic mass is 9.93. The smallest absolute Gasteiger partial charge is 0.265 e. The van der Waals surface area contributed by atoms with Crippen molar-refractivity contribution >= 4 is 29.1 Å². The summed E-state index contributed by atoms with van der Waals surface area (Å²) in [6, 6.07) is 21.0. The number of nitrogens with one attached hydrogen (secondary N) is 2. The zero-order chi connectivity index (χ0) is 26.4. The summed E-state index contributed by atoms with van der Waals surface area (Å²) in [6.07, 6.45) is 0.711. The number of benzene rings is 3. The molecule has 2 atom stereocenters. The van der Waals surface area contributed by atoms with Gasteiger partial charge in [-0.15, -0.1) is 0 Å². The fourth-order valence-corrected chi connectivity index (χ4v) is 4.37. The van der Waals surface area contributed by atoms with Crippen molar-refractivity contribution in [1.29, 1.82) is 0 Å². The van der Waals surface area contributed by atoms with Crippen LogP contribution in [0.4, 0.5) is 11.4 Å². The van der Waals surface area contributed by atoms with Crippen LogP contribution in [0.15, 0.2) is 72.8 Å². The number of carbonyl (C=O) groups is 3. The lowest BCUT2D eigenvalue weighted by Crippen LogP contribution is -2.55. The van der Waals surface area contributed by atoms with E-state index in [1.807, 2.05) is 56.3 Å². The summed E-state index contributed by atoms with van der Waals surface area (Å²) in [5, 5.41) is 5.80. The van der Waals surface area contributed by atoms with E-state index in [1.165, 1.54) is 4.90 Å². The first-order valence-corrected chi connectivity index (χ1v) is 12.4. The van der Waals surface area contributed by atoms with E-state index in [1.54, 1.807) is 30.3 Å². The van der Waals surface area contributed by atoms with Crippen LogP contribution >= 0.6 is 0 Å². The topological polar surface area (TPSA) is 114 Å². The van der Waals surface area contributed by atoms with Gasteiger partial charge >= 0.3 is 0 Å². The molecule has 0 saturated carbocycles. The average molecular weight is 501 g/mol. The lowest BCUT2D eigenvalue weighted by molar-refractivity contribution is -0.126. The highest BCUT2D eigenvalue weighted by Crippen LogP contribution is 2.36. The minimum Gasteiger partial charge on any atom is -0.484 e. The van der Waals surface area contributed by atoms with Gasteiger partial charge in [0.1, 0.15) is 11.8 Å². The summed E-state index contributed by atoms with van der Waals surface area (Å²) in [4.78, 5) is 40.9. The third-order valence-corrected chi connectivity index (χ3v) is 6.56. The van der Waals surface area contributed by atoms with E-state index in [4.69, 9.17) is 10.5 Å². The molecule has 8 nitrogen and oxygen atoms in total. The second kappa shape index (κ2) is 11.7. The van der Waals surface area contributed by atoms with Crippen molar-refractivity contribution in [3.8, 4) is 5.75 Å². The summed E-state index contributed by atoms with van der Waals surface area (Å²) in [7, 11) is 0. The van der Waals surface area contributed by atoms with Crippen LogP contribution in [-0.4, -0.2) is 30.4 Å². The Morgan fingerprint density at radius 3 is 2.54 bits per heavy atom. The van der Waals surface area contributed by atoms with Crippen LogP contribution in [0.25, 0.3) is 0 Å². The van der Waals surface area contributed by atoms with Crippen molar-refractivity contribution in [1.82, 2.24) is 5.32 Å². The first kappa shape index (κ1) is 25.9. The van der Waals surface area contributed by atoms with E-state index in [2.05, 4.69) is 10.6 Å². The third-order valence-electron chi connectivity index (χ3n) is 6.56. The van der Waals surface area contributed by atoms with Crippen molar-refractivity contribution in [2.24, 2.45) is 11.7 Å². The van der Waals surface area contributed by atoms with Crippen LogP contribution < -0.4 is 26.0 Å². The predicted molar refractivity (Wildman–Crippen MR) is 143 cm³/mol. The van der Waals surface area contributed by atoms with Gasteiger partial charge in [0.15, 0.2) is 6.61 Å². The Morgan fingerprint density at radius 1 is 1.05 bits per heavy atom. The van der Waals surface area contributed by atoms with Crippen LogP contribution in [0.3, 0.4) is 0 Å². The summed E-state index contributed by atoms with van der Waals surface area (Å²) >= 11 is 0. The van der Waals surface area contributed by atoms with Crippen LogP contribution in [0.2, 0.25) is 0 Å². The Hall–Kier alpha value is -4.17. The average Bonchev–Trinajstić information content (AvgIpc) is 2.93. The largest absolute Gasteiger partial charge is 0.484 e. The van der Waals surface area contributed by atoms with Gasteiger partial charge in [-0.05, 0) is 47.4 Å². The molecule has 1 aliphatic heterocycles. The lowest BCUT2D eigenvalue weighted by Gasteiger charge is -2.39. The van der Waals surface area contributed by atoms with E-state index in [9.17, 15) is 14.4 Å². The molecule has 3 aromatic carbocycles. The zero-order valence-electron chi connectivity index (χ0n) is 21.1. The highest BCUT2D eigenvalue weighted by Gasteiger charge is 2.40. The van der Waals surface area contributed by atoms with Gasteiger partial charge in [-0.3, -0.25) is 19.3 Å². The van der Waals surface area contributed by atoms with E-state index in [-0.39, 0.29) is 30.2 Å². The molecule has 1 heterocycles. The number of ether oxygens (including phenoxy) is 1. The van der Waals surface area contributed by atoms with Gasteiger partial charge in [0.25, 0.3) is 11.8 Å². The quantitative estimate of drug-likeness (QED) is 0.413. The number of para-hydroxylation sites is 1. The maximum atomic E-state index is 13.4. The van der Waals surface area contributed by atoms with Gasteiger partial charge in [0.05, 0.1) is 11.4 Å². The Morgan fingerprint density at radius 2 is 1.81 bits per heavy atom. The van der Waals surface area contributed by atoms with Crippen LogP contribution in [0.5, 0.6) is 5.75 Å². The molecule has 0 fully saturated rings. The molecule has 2 unspecified atom stereocenters. The minimum absolute atomic E-state index is 0.0823. The minimum atomic E-state index is -0.682. The Bertz CT molecular complexity index is 1280. The molecule has 0 bridgehead atoms. The van der Waals surface area contributed by atoms with Crippen molar-refractivity contribution in [2.75, 3.05) is 16.8 Å².